The summed E-state index contributed by atoms with van der Waals surface area (Å²) in [5, 5.41) is 12.3. The molecule has 7 nitrogen and oxygen atoms in total. The average molecular weight is 332 g/mol. The van der Waals surface area contributed by atoms with E-state index >= 15 is 0 Å². The van der Waals surface area contributed by atoms with E-state index in [1.54, 1.807) is 39.0 Å². The van der Waals surface area contributed by atoms with E-state index < -0.39 is 17.7 Å². The smallest absolute Gasteiger partial charge is 0.407 e. The fourth-order valence-electron chi connectivity index (χ4n) is 2.04. The molecule has 0 aliphatic carbocycles. The van der Waals surface area contributed by atoms with Gasteiger partial charge in [0.1, 0.15) is 18.0 Å². The van der Waals surface area contributed by atoms with E-state index in [0.717, 1.165) is 0 Å². The van der Waals surface area contributed by atoms with Crippen LogP contribution in [-0.4, -0.2) is 40.9 Å². The molecule has 0 atom stereocenters. The predicted molar refractivity (Wildman–Crippen MR) is 88.4 cm³/mol. The van der Waals surface area contributed by atoms with Gasteiger partial charge in [0.15, 0.2) is 0 Å². The van der Waals surface area contributed by atoms with Crippen LogP contribution < -0.4 is 10.1 Å². The van der Waals surface area contributed by atoms with E-state index in [1.165, 1.54) is 12.3 Å². The first-order valence-electron chi connectivity index (χ1n) is 7.48. The van der Waals surface area contributed by atoms with Crippen molar-refractivity contribution in [1.29, 1.82) is 0 Å². The topological polar surface area (TPSA) is 97.8 Å². The predicted octanol–water partition coefficient (Wildman–Crippen LogP) is 2.84. The molecule has 2 aromatic rings. The maximum atomic E-state index is 11.5. The molecule has 1 aromatic carbocycles. The molecule has 0 fully saturated rings. The van der Waals surface area contributed by atoms with Crippen molar-refractivity contribution in [2.24, 2.45) is 0 Å². The molecule has 2 N–H and O–H groups in total. The Labute approximate surface area is 139 Å². The molecule has 0 aliphatic rings. The summed E-state index contributed by atoms with van der Waals surface area (Å²) in [6.45, 7) is 5.91. The van der Waals surface area contributed by atoms with E-state index in [0.29, 0.717) is 16.7 Å². The SMILES string of the molecule is CC(C)(C)OC(=O)NCCOc1ccc2c(C(=O)O)ccnc2c1. The number of carbonyl (C=O) groups excluding carboxylic acids is 1. The molecule has 0 aliphatic heterocycles. The quantitative estimate of drug-likeness (QED) is 0.817. The van der Waals surface area contributed by atoms with Crippen LogP contribution in [0.4, 0.5) is 4.79 Å². The molecule has 1 aromatic heterocycles. The number of fused-ring (bicyclic) bond motifs is 1. The van der Waals surface area contributed by atoms with Gasteiger partial charge in [-0.1, -0.05) is 0 Å². The number of pyridine rings is 1. The number of nitrogens with zero attached hydrogens (tertiary/aromatic N) is 1. The summed E-state index contributed by atoms with van der Waals surface area (Å²) in [5.74, 6) is -0.457. The van der Waals surface area contributed by atoms with Gasteiger partial charge >= 0.3 is 12.1 Å². The molecule has 1 amide bonds. The monoisotopic (exact) mass is 332 g/mol. The number of carboxylic acid groups (broad SMARTS) is 1. The average Bonchev–Trinajstić information content (AvgIpc) is 2.49. The Morgan fingerprint density at radius 3 is 2.67 bits per heavy atom. The minimum Gasteiger partial charge on any atom is -0.492 e. The minimum absolute atomic E-state index is 0.193. The molecule has 0 unspecified atom stereocenters. The van der Waals surface area contributed by atoms with Gasteiger partial charge in [-0.05, 0) is 39.0 Å². The molecule has 1 heterocycles. The van der Waals surface area contributed by atoms with Crippen LogP contribution in [0.15, 0.2) is 30.5 Å². The van der Waals surface area contributed by atoms with Gasteiger partial charge in [-0.2, -0.15) is 0 Å². The van der Waals surface area contributed by atoms with Crippen molar-refractivity contribution in [1.82, 2.24) is 10.3 Å². The first-order valence-corrected chi connectivity index (χ1v) is 7.48. The van der Waals surface area contributed by atoms with Crippen molar-refractivity contribution < 1.29 is 24.2 Å². The molecule has 128 valence electrons. The highest BCUT2D eigenvalue weighted by molar-refractivity contribution is 6.02. The Bertz CT molecular complexity index is 752. The second kappa shape index (κ2) is 7.16. The first-order chi connectivity index (χ1) is 11.3. The maximum absolute atomic E-state index is 11.5. The molecular formula is C17H20N2O5. The fourth-order valence-corrected chi connectivity index (χ4v) is 2.04. The number of nitrogens with one attached hydrogen (secondary N) is 1. The number of benzene rings is 1. The van der Waals surface area contributed by atoms with Gasteiger partial charge in [-0.15, -0.1) is 0 Å². The van der Waals surface area contributed by atoms with Gasteiger partial charge in [0, 0.05) is 17.6 Å². The number of carbonyl (C=O) groups is 2. The molecule has 0 bridgehead atoms. The van der Waals surface area contributed by atoms with Crippen LogP contribution in [0.25, 0.3) is 10.9 Å². The van der Waals surface area contributed by atoms with Crippen LogP contribution in [0, 0.1) is 0 Å². The van der Waals surface area contributed by atoms with Crippen molar-refractivity contribution in [3.63, 3.8) is 0 Å². The number of aromatic nitrogens is 1. The van der Waals surface area contributed by atoms with E-state index in [2.05, 4.69) is 10.3 Å². The van der Waals surface area contributed by atoms with Gasteiger partial charge in [-0.25, -0.2) is 9.59 Å². The van der Waals surface area contributed by atoms with Crippen LogP contribution in [0.3, 0.4) is 0 Å². The lowest BCUT2D eigenvalue weighted by molar-refractivity contribution is 0.0519. The van der Waals surface area contributed by atoms with Gasteiger partial charge in [0.05, 0.1) is 17.6 Å². The molecule has 7 heteroatoms. The third kappa shape index (κ3) is 4.84. The lowest BCUT2D eigenvalue weighted by Gasteiger charge is -2.19. The Kier molecular flexibility index (Phi) is 5.23. The van der Waals surface area contributed by atoms with Crippen molar-refractivity contribution >= 4 is 23.0 Å². The highest BCUT2D eigenvalue weighted by Gasteiger charge is 2.15. The second-order valence-electron chi connectivity index (χ2n) is 6.12. The number of alkyl carbamates (subject to hydrolysis) is 1. The lowest BCUT2D eigenvalue weighted by Crippen LogP contribution is -2.34. The summed E-state index contributed by atoms with van der Waals surface area (Å²) in [6, 6.07) is 6.44. The van der Waals surface area contributed by atoms with Crippen LogP contribution in [0.2, 0.25) is 0 Å². The summed E-state index contributed by atoms with van der Waals surface area (Å²) in [4.78, 5) is 26.8. The Morgan fingerprint density at radius 1 is 1.25 bits per heavy atom. The largest absolute Gasteiger partial charge is 0.492 e. The number of hydrogen-bond donors (Lipinski definition) is 2. The highest BCUT2D eigenvalue weighted by atomic mass is 16.6. The number of ether oxygens (including phenoxy) is 2. The minimum atomic E-state index is -1.00. The normalized spacial score (nSPS) is 11.1. The summed E-state index contributed by atoms with van der Waals surface area (Å²) in [5.41, 5.74) is 0.183. The number of hydrogen-bond acceptors (Lipinski definition) is 5. The van der Waals surface area contributed by atoms with Crippen LogP contribution >= 0.6 is 0 Å². The summed E-state index contributed by atoms with van der Waals surface area (Å²) >= 11 is 0. The van der Waals surface area contributed by atoms with Crippen LogP contribution in [0.1, 0.15) is 31.1 Å². The zero-order valence-corrected chi connectivity index (χ0v) is 13.8. The van der Waals surface area contributed by atoms with Gasteiger partial charge in [-0.3, -0.25) is 4.98 Å². The van der Waals surface area contributed by atoms with Gasteiger partial charge in [0.25, 0.3) is 0 Å². The standard InChI is InChI=1S/C17H20N2O5/c1-17(2,3)24-16(22)19-8-9-23-11-4-5-12-13(15(20)21)6-7-18-14(12)10-11/h4-7,10H,8-9H2,1-3H3,(H,19,22)(H,20,21). The molecule has 2 rings (SSSR count). The molecule has 24 heavy (non-hydrogen) atoms. The number of rotatable bonds is 5. The third-order valence-electron chi connectivity index (χ3n) is 2.98. The Morgan fingerprint density at radius 2 is 2.00 bits per heavy atom. The Hall–Kier alpha value is -2.83. The van der Waals surface area contributed by atoms with E-state index in [9.17, 15) is 9.59 Å². The molecule has 0 radical (unpaired) electrons. The van der Waals surface area contributed by atoms with Gasteiger partial charge in [0.2, 0.25) is 0 Å². The lowest BCUT2D eigenvalue weighted by atomic mass is 10.1. The van der Waals surface area contributed by atoms with Crippen molar-refractivity contribution in [3.8, 4) is 5.75 Å². The molecule has 0 saturated heterocycles. The van der Waals surface area contributed by atoms with E-state index in [1.807, 2.05) is 0 Å². The van der Waals surface area contributed by atoms with Crippen LogP contribution in [0.5, 0.6) is 5.75 Å². The zero-order valence-electron chi connectivity index (χ0n) is 13.8. The summed E-state index contributed by atoms with van der Waals surface area (Å²) in [6.07, 6.45) is 0.942. The highest BCUT2D eigenvalue weighted by Crippen LogP contribution is 2.22. The van der Waals surface area contributed by atoms with Crippen molar-refractivity contribution in [2.45, 2.75) is 26.4 Å². The van der Waals surface area contributed by atoms with Crippen molar-refractivity contribution in [2.75, 3.05) is 13.2 Å². The van der Waals surface area contributed by atoms with E-state index in [-0.39, 0.29) is 18.7 Å². The maximum Gasteiger partial charge on any atom is 0.407 e. The van der Waals surface area contributed by atoms with Crippen molar-refractivity contribution in [3.05, 3.63) is 36.0 Å². The number of aromatic carboxylic acids is 1. The molecule has 0 spiro atoms. The zero-order chi connectivity index (χ0) is 17.7. The number of amides is 1. The first kappa shape index (κ1) is 17.5. The molecular weight excluding hydrogens is 312 g/mol. The number of carboxylic acids is 1. The third-order valence-corrected chi connectivity index (χ3v) is 2.98. The summed E-state index contributed by atoms with van der Waals surface area (Å²) in [7, 11) is 0. The van der Waals surface area contributed by atoms with E-state index in [4.69, 9.17) is 14.6 Å². The second-order valence-corrected chi connectivity index (χ2v) is 6.12. The van der Waals surface area contributed by atoms with Crippen LogP contribution in [-0.2, 0) is 4.74 Å². The summed E-state index contributed by atoms with van der Waals surface area (Å²) < 4.78 is 10.6. The van der Waals surface area contributed by atoms with Gasteiger partial charge < -0.3 is 19.9 Å². The fraction of sp³-hybridized carbons (Fsp3) is 0.353. The Balaban J connectivity index is 1.92. The molecule has 0 saturated carbocycles.